The molecule has 0 radical (unpaired) electrons. The molecular formula is C35H34BrClN4O7. The van der Waals surface area contributed by atoms with Gasteiger partial charge in [0.2, 0.25) is 0 Å². The zero-order chi connectivity index (χ0) is 34.2. The molecule has 4 N–H and O–H groups in total. The number of rotatable bonds is 13. The van der Waals surface area contributed by atoms with Gasteiger partial charge in [0.25, 0.3) is 0 Å². The highest BCUT2D eigenvalue weighted by atomic mass is 79.9. The number of amides is 2. The molecule has 1 aliphatic heterocycles. The van der Waals surface area contributed by atoms with Gasteiger partial charge < -0.3 is 34.7 Å². The smallest absolute Gasteiger partial charge is 0.337 e. The Labute approximate surface area is 291 Å². The van der Waals surface area contributed by atoms with Crippen molar-refractivity contribution in [3.63, 3.8) is 0 Å². The normalized spacial score (nSPS) is 15.1. The Hall–Kier alpha value is -4.78. The van der Waals surface area contributed by atoms with Gasteiger partial charge in [-0.2, -0.15) is 5.10 Å². The van der Waals surface area contributed by atoms with Gasteiger partial charge in [0.15, 0.2) is 23.5 Å². The molecule has 250 valence electrons. The molecule has 1 aliphatic rings. The Morgan fingerprint density at radius 1 is 1.08 bits per heavy atom. The molecule has 2 atom stereocenters. The van der Waals surface area contributed by atoms with Crippen molar-refractivity contribution in [2.24, 2.45) is 5.10 Å². The van der Waals surface area contributed by atoms with Crippen LogP contribution in [-0.4, -0.2) is 49.9 Å². The van der Waals surface area contributed by atoms with Crippen LogP contribution in [0.1, 0.15) is 36.6 Å². The number of hydrogen-bond acceptors (Lipinski definition) is 9. The van der Waals surface area contributed by atoms with E-state index < -0.39 is 24.3 Å². The van der Waals surface area contributed by atoms with Crippen molar-refractivity contribution >= 4 is 56.5 Å². The Kier molecular flexibility index (Phi) is 11.4. The maximum atomic E-state index is 12.5. The average molecular weight is 738 g/mol. The summed E-state index contributed by atoms with van der Waals surface area (Å²) in [6, 6.07) is 21.5. The molecule has 5 rings (SSSR count). The van der Waals surface area contributed by atoms with Gasteiger partial charge in [0.05, 0.1) is 41.0 Å². The number of halogens is 2. The molecule has 1 heterocycles. The minimum absolute atomic E-state index is 0.168. The highest BCUT2D eigenvalue weighted by Crippen LogP contribution is 2.36. The third-order valence-corrected chi connectivity index (χ3v) is 8.25. The zero-order valence-electron chi connectivity index (χ0n) is 26.4. The van der Waals surface area contributed by atoms with Crippen molar-refractivity contribution in [2.45, 2.75) is 32.7 Å². The number of fused-ring (bicyclic) bond motifs is 1. The predicted octanol–water partition coefficient (Wildman–Crippen LogP) is 6.36. The van der Waals surface area contributed by atoms with Crippen LogP contribution in [0.2, 0.25) is 5.02 Å². The molecular weight excluding hydrogens is 704 g/mol. The molecule has 0 spiro atoms. The standard InChI is InChI=1S/C35H34BrClN4O7/c1-4-46-29-16-23(32-31(34(43)45-3)20(2)39-35(44)40-32)12-13-28(29)47-19-30(42)41-38-17-21-14-26(36)33(27(37)15-21)48-18-24-10-7-9-22-8-5-6-11-25(22)24/h5-17,30,32,41-42H,4,18-19H2,1-3H3,(H2,39,40,44)/b38-17-/t30-,32+/m0/s1. The van der Waals surface area contributed by atoms with E-state index in [2.05, 4.69) is 55.3 Å². The highest BCUT2D eigenvalue weighted by molar-refractivity contribution is 9.10. The summed E-state index contributed by atoms with van der Waals surface area (Å²) in [4.78, 5) is 24.7. The second-order valence-corrected chi connectivity index (χ2v) is 11.9. The first-order valence-electron chi connectivity index (χ1n) is 15.0. The van der Waals surface area contributed by atoms with E-state index >= 15 is 0 Å². The van der Waals surface area contributed by atoms with Crippen LogP contribution < -0.4 is 30.3 Å². The summed E-state index contributed by atoms with van der Waals surface area (Å²) < 4.78 is 23.2. The molecule has 0 unspecified atom stereocenters. The van der Waals surface area contributed by atoms with Gasteiger partial charge in [-0.25, -0.2) is 9.59 Å². The monoisotopic (exact) mass is 736 g/mol. The van der Waals surface area contributed by atoms with E-state index in [-0.39, 0.29) is 12.2 Å². The molecule has 11 nitrogen and oxygen atoms in total. The number of benzene rings is 4. The fourth-order valence-electron chi connectivity index (χ4n) is 5.18. The number of aliphatic hydroxyl groups is 1. The number of urea groups is 1. The van der Waals surface area contributed by atoms with E-state index in [1.54, 1.807) is 37.3 Å². The van der Waals surface area contributed by atoms with Crippen LogP contribution in [0.15, 0.2) is 93.6 Å². The zero-order valence-corrected chi connectivity index (χ0v) is 28.7. The summed E-state index contributed by atoms with van der Waals surface area (Å²) in [5.41, 5.74) is 5.57. The lowest BCUT2D eigenvalue weighted by Gasteiger charge is -2.28. The number of hydrogen-bond donors (Lipinski definition) is 4. The number of carbonyl (C=O) groups is 2. The van der Waals surface area contributed by atoms with Crippen molar-refractivity contribution in [3.8, 4) is 17.2 Å². The Bertz CT molecular complexity index is 1850. The van der Waals surface area contributed by atoms with Gasteiger partial charge in [0, 0.05) is 5.70 Å². The van der Waals surface area contributed by atoms with Gasteiger partial charge in [-0.05, 0) is 81.5 Å². The van der Waals surface area contributed by atoms with Gasteiger partial charge >= 0.3 is 12.0 Å². The number of nitrogens with one attached hydrogen (secondary N) is 3. The third-order valence-electron chi connectivity index (χ3n) is 7.38. The second kappa shape index (κ2) is 15.9. The highest BCUT2D eigenvalue weighted by Gasteiger charge is 2.32. The van der Waals surface area contributed by atoms with Crippen molar-refractivity contribution in [1.29, 1.82) is 0 Å². The largest absolute Gasteiger partial charge is 0.490 e. The maximum Gasteiger partial charge on any atom is 0.337 e. The lowest BCUT2D eigenvalue weighted by Crippen LogP contribution is -2.45. The number of hydrazone groups is 1. The predicted molar refractivity (Wildman–Crippen MR) is 186 cm³/mol. The number of carbonyl (C=O) groups excluding carboxylic acids is 2. The number of nitrogens with zero attached hydrogens (tertiary/aromatic N) is 1. The fourth-order valence-corrected chi connectivity index (χ4v) is 6.17. The molecule has 13 heteroatoms. The maximum absolute atomic E-state index is 12.5. The summed E-state index contributed by atoms with van der Waals surface area (Å²) >= 11 is 10.1. The number of allylic oxidation sites excluding steroid dienone is 1. The minimum Gasteiger partial charge on any atom is -0.490 e. The van der Waals surface area contributed by atoms with E-state index in [1.165, 1.54) is 13.3 Å². The third kappa shape index (κ3) is 8.19. The van der Waals surface area contributed by atoms with Gasteiger partial charge in [-0.3, -0.25) is 5.43 Å². The van der Waals surface area contributed by atoms with E-state index in [4.69, 9.17) is 30.5 Å². The van der Waals surface area contributed by atoms with Crippen molar-refractivity contribution in [3.05, 3.63) is 110 Å². The van der Waals surface area contributed by atoms with Crippen LogP contribution in [0.4, 0.5) is 4.79 Å². The summed E-state index contributed by atoms with van der Waals surface area (Å²) in [5.74, 6) is 0.645. The Balaban J connectivity index is 1.19. The van der Waals surface area contributed by atoms with Crippen molar-refractivity contribution in [2.75, 3.05) is 20.3 Å². The fraction of sp³-hybridized carbons (Fsp3) is 0.229. The van der Waals surface area contributed by atoms with E-state index in [9.17, 15) is 14.7 Å². The number of esters is 1. The molecule has 4 aromatic carbocycles. The molecule has 0 saturated heterocycles. The molecule has 0 fully saturated rings. The molecule has 0 bridgehead atoms. The first kappa shape index (κ1) is 34.6. The SMILES string of the molecule is CCOc1cc([C@H]2NC(=O)NC(C)=C2C(=O)OC)ccc1OC[C@H](O)N/N=C\c1cc(Cl)c(OCc2cccc3ccccc23)c(Br)c1. The topological polar surface area (TPSA) is 140 Å². The number of methoxy groups -OCH3 is 1. The quantitative estimate of drug-likeness (QED) is 0.0539. The van der Waals surface area contributed by atoms with E-state index in [0.717, 1.165) is 16.3 Å². The van der Waals surface area contributed by atoms with E-state index in [1.807, 2.05) is 31.2 Å². The molecule has 4 aromatic rings. The molecule has 0 aliphatic carbocycles. The van der Waals surface area contributed by atoms with Gasteiger partial charge in [0.1, 0.15) is 13.2 Å². The average Bonchev–Trinajstić information content (AvgIpc) is 3.07. The van der Waals surface area contributed by atoms with Crippen LogP contribution in [0.5, 0.6) is 17.2 Å². The van der Waals surface area contributed by atoms with Crippen molar-refractivity contribution in [1.82, 2.24) is 16.1 Å². The molecule has 48 heavy (non-hydrogen) atoms. The second-order valence-electron chi connectivity index (χ2n) is 10.7. The van der Waals surface area contributed by atoms with E-state index in [0.29, 0.717) is 56.8 Å². The van der Waals surface area contributed by atoms with Crippen molar-refractivity contribution < 1.29 is 33.6 Å². The van der Waals surface area contributed by atoms with Crippen LogP contribution >= 0.6 is 27.5 Å². The van der Waals surface area contributed by atoms with Gasteiger partial charge in [-0.1, -0.05) is 60.1 Å². The lowest BCUT2D eigenvalue weighted by atomic mass is 9.95. The minimum atomic E-state index is -1.17. The Morgan fingerprint density at radius 2 is 1.88 bits per heavy atom. The van der Waals surface area contributed by atoms with Gasteiger partial charge in [-0.15, -0.1) is 0 Å². The summed E-state index contributed by atoms with van der Waals surface area (Å²) in [6.07, 6.45) is 0.342. The first-order valence-corrected chi connectivity index (χ1v) is 16.2. The van der Waals surface area contributed by atoms with Crippen LogP contribution in [0.25, 0.3) is 10.8 Å². The van der Waals surface area contributed by atoms with Crippen LogP contribution in [-0.2, 0) is 16.1 Å². The van der Waals surface area contributed by atoms with Crippen LogP contribution in [0, 0.1) is 0 Å². The first-order chi connectivity index (χ1) is 23.2. The number of ether oxygens (including phenoxy) is 4. The number of aliphatic hydroxyl groups excluding tert-OH is 1. The molecule has 2 amide bonds. The Morgan fingerprint density at radius 3 is 2.65 bits per heavy atom. The lowest BCUT2D eigenvalue weighted by molar-refractivity contribution is -0.136. The summed E-state index contributed by atoms with van der Waals surface area (Å²) in [7, 11) is 1.27. The summed E-state index contributed by atoms with van der Waals surface area (Å²) in [5, 5.41) is 22.6. The summed E-state index contributed by atoms with van der Waals surface area (Å²) in [6.45, 7) is 3.94. The van der Waals surface area contributed by atoms with Crippen LogP contribution in [0.3, 0.4) is 0 Å². The molecule has 0 aromatic heterocycles. The molecule has 0 saturated carbocycles.